The lowest BCUT2D eigenvalue weighted by atomic mass is 9.75. The zero-order chi connectivity index (χ0) is 10.9. The van der Waals surface area contributed by atoms with Crippen LogP contribution in [0, 0.1) is 11.2 Å². The van der Waals surface area contributed by atoms with Gasteiger partial charge >= 0.3 is 0 Å². The second-order valence-electron chi connectivity index (χ2n) is 4.58. The summed E-state index contributed by atoms with van der Waals surface area (Å²) >= 11 is 0. The van der Waals surface area contributed by atoms with Gasteiger partial charge in [0.1, 0.15) is 5.82 Å². The Kier molecular flexibility index (Phi) is 2.47. The Hall–Kier alpha value is -1.37. The first-order valence-electron chi connectivity index (χ1n) is 5.23. The molecular weight excluding hydrogens is 187 g/mol. The molecule has 2 rings (SSSR count). The molecule has 1 aliphatic rings. The molecule has 0 amide bonds. The van der Waals surface area contributed by atoms with Crippen molar-refractivity contribution >= 4 is 5.57 Å². The summed E-state index contributed by atoms with van der Waals surface area (Å²) in [6.45, 7) is 4.30. The average molecular weight is 202 g/mol. The first-order chi connectivity index (χ1) is 7.11. The van der Waals surface area contributed by atoms with Crippen LogP contribution in [0.3, 0.4) is 0 Å². The standard InChI is InChI=1S/C14H15F/c1-14(2)10-6-5-8-12(14)11-7-3-4-9-13(11)15/h3-9H,10H2,1-2H3. The summed E-state index contributed by atoms with van der Waals surface area (Å²) in [5.41, 5.74) is 1.84. The minimum absolute atomic E-state index is 0.0247. The zero-order valence-corrected chi connectivity index (χ0v) is 9.13. The molecule has 0 nitrogen and oxygen atoms in total. The van der Waals surface area contributed by atoms with Gasteiger partial charge in [-0.3, -0.25) is 0 Å². The van der Waals surface area contributed by atoms with Crippen molar-refractivity contribution in [2.75, 3.05) is 0 Å². The van der Waals surface area contributed by atoms with Gasteiger partial charge in [-0.2, -0.15) is 0 Å². The number of allylic oxidation sites excluding steroid dienone is 4. The molecule has 0 heterocycles. The summed E-state index contributed by atoms with van der Waals surface area (Å²) in [5, 5.41) is 0. The SMILES string of the molecule is CC1(C)CC=CC=C1c1ccccc1F. The Morgan fingerprint density at radius 3 is 2.60 bits per heavy atom. The maximum absolute atomic E-state index is 13.7. The van der Waals surface area contributed by atoms with Crippen LogP contribution in [0.4, 0.5) is 4.39 Å². The third-order valence-corrected chi connectivity index (χ3v) is 2.92. The van der Waals surface area contributed by atoms with E-state index in [0.717, 1.165) is 17.6 Å². The maximum Gasteiger partial charge on any atom is 0.130 e. The molecule has 0 saturated carbocycles. The van der Waals surface area contributed by atoms with Crippen molar-refractivity contribution in [1.29, 1.82) is 0 Å². The van der Waals surface area contributed by atoms with E-state index in [0.29, 0.717) is 0 Å². The molecule has 1 heteroatoms. The molecule has 1 aromatic rings. The lowest BCUT2D eigenvalue weighted by molar-refractivity contribution is 0.500. The van der Waals surface area contributed by atoms with E-state index < -0.39 is 0 Å². The van der Waals surface area contributed by atoms with E-state index in [1.165, 1.54) is 6.07 Å². The van der Waals surface area contributed by atoms with Crippen LogP contribution in [0.15, 0.2) is 42.5 Å². The molecule has 0 bridgehead atoms. The van der Waals surface area contributed by atoms with Crippen LogP contribution < -0.4 is 0 Å². The summed E-state index contributed by atoms with van der Waals surface area (Å²) in [6, 6.07) is 6.98. The lowest BCUT2D eigenvalue weighted by Crippen LogP contribution is -2.15. The van der Waals surface area contributed by atoms with Gasteiger partial charge in [-0.05, 0) is 23.5 Å². The van der Waals surface area contributed by atoms with Gasteiger partial charge in [0.25, 0.3) is 0 Å². The number of rotatable bonds is 1. The van der Waals surface area contributed by atoms with Crippen molar-refractivity contribution < 1.29 is 4.39 Å². The van der Waals surface area contributed by atoms with Crippen molar-refractivity contribution in [1.82, 2.24) is 0 Å². The van der Waals surface area contributed by atoms with E-state index in [2.05, 4.69) is 19.9 Å². The number of benzene rings is 1. The first-order valence-corrected chi connectivity index (χ1v) is 5.23. The highest BCUT2D eigenvalue weighted by Crippen LogP contribution is 2.40. The highest BCUT2D eigenvalue weighted by Gasteiger charge is 2.26. The summed E-state index contributed by atoms with van der Waals surface area (Å²) in [7, 11) is 0. The van der Waals surface area contributed by atoms with E-state index in [1.54, 1.807) is 6.07 Å². The van der Waals surface area contributed by atoms with Crippen LogP contribution in [0.25, 0.3) is 5.57 Å². The normalized spacial score (nSPS) is 18.7. The van der Waals surface area contributed by atoms with Gasteiger partial charge in [0.2, 0.25) is 0 Å². The van der Waals surface area contributed by atoms with Crippen molar-refractivity contribution in [3.8, 4) is 0 Å². The molecule has 78 valence electrons. The van der Waals surface area contributed by atoms with Crippen LogP contribution in [0.2, 0.25) is 0 Å². The lowest BCUT2D eigenvalue weighted by Gasteiger charge is -2.29. The van der Waals surface area contributed by atoms with E-state index in [1.807, 2.05) is 24.3 Å². The summed E-state index contributed by atoms with van der Waals surface area (Å²) in [4.78, 5) is 0. The average Bonchev–Trinajstić information content (AvgIpc) is 2.19. The molecular formula is C14H15F. The summed E-state index contributed by atoms with van der Waals surface area (Å²) in [5.74, 6) is -0.132. The fourth-order valence-electron chi connectivity index (χ4n) is 2.00. The molecule has 0 unspecified atom stereocenters. The van der Waals surface area contributed by atoms with Crippen LogP contribution in [-0.4, -0.2) is 0 Å². The van der Waals surface area contributed by atoms with Crippen molar-refractivity contribution in [3.63, 3.8) is 0 Å². The van der Waals surface area contributed by atoms with Gasteiger partial charge < -0.3 is 0 Å². The van der Waals surface area contributed by atoms with Crippen LogP contribution in [-0.2, 0) is 0 Å². The highest BCUT2D eigenvalue weighted by atomic mass is 19.1. The maximum atomic E-state index is 13.7. The number of halogens is 1. The monoisotopic (exact) mass is 202 g/mol. The Balaban J connectivity index is 2.51. The Labute approximate surface area is 90.1 Å². The molecule has 0 spiro atoms. The summed E-state index contributed by atoms with van der Waals surface area (Å²) in [6.07, 6.45) is 7.12. The third kappa shape index (κ3) is 1.87. The molecule has 15 heavy (non-hydrogen) atoms. The fraction of sp³-hybridized carbons (Fsp3) is 0.286. The van der Waals surface area contributed by atoms with E-state index in [9.17, 15) is 4.39 Å². The van der Waals surface area contributed by atoms with E-state index in [4.69, 9.17) is 0 Å². The minimum atomic E-state index is -0.132. The first kappa shape index (κ1) is 10.2. The number of hydrogen-bond donors (Lipinski definition) is 0. The number of hydrogen-bond acceptors (Lipinski definition) is 0. The van der Waals surface area contributed by atoms with Gasteiger partial charge in [-0.25, -0.2) is 4.39 Å². The van der Waals surface area contributed by atoms with E-state index >= 15 is 0 Å². The van der Waals surface area contributed by atoms with Gasteiger partial charge in [0.15, 0.2) is 0 Å². The molecule has 0 N–H and O–H groups in total. The molecule has 1 aliphatic carbocycles. The Bertz CT molecular complexity index is 425. The van der Waals surface area contributed by atoms with Gasteiger partial charge in [-0.1, -0.05) is 50.3 Å². The smallest absolute Gasteiger partial charge is 0.130 e. The second kappa shape index (κ2) is 3.65. The topological polar surface area (TPSA) is 0 Å². The molecule has 0 aromatic heterocycles. The molecule has 0 aliphatic heterocycles. The molecule has 1 aromatic carbocycles. The quantitative estimate of drug-likeness (QED) is 0.640. The van der Waals surface area contributed by atoms with Crippen molar-refractivity contribution in [2.24, 2.45) is 5.41 Å². The van der Waals surface area contributed by atoms with Crippen LogP contribution in [0.1, 0.15) is 25.8 Å². The van der Waals surface area contributed by atoms with Crippen molar-refractivity contribution in [3.05, 3.63) is 53.9 Å². The molecule has 0 fully saturated rings. The van der Waals surface area contributed by atoms with Crippen LogP contribution in [0.5, 0.6) is 0 Å². The van der Waals surface area contributed by atoms with Gasteiger partial charge in [-0.15, -0.1) is 0 Å². The molecule has 0 atom stereocenters. The third-order valence-electron chi connectivity index (χ3n) is 2.92. The minimum Gasteiger partial charge on any atom is -0.206 e. The second-order valence-corrected chi connectivity index (χ2v) is 4.58. The molecule has 0 saturated heterocycles. The van der Waals surface area contributed by atoms with Gasteiger partial charge in [0.05, 0.1) is 0 Å². The summed E-state index contributed by atoms with van der Waals surface area (Å²) < 4.78 is 13.7. The fourth-order valence-corrected chi connectivity index (χ4v) is 2.00. The largest absolute Gasteiger partial charge is 0.206 e. The zero-order valence-electron chi connectivity index (χ0n) is 9.13. The highest BCUT2D eigenvalue weighted by molar-refractivity contribution is 5.72. The predicted octanol–water partition coefficient (Wildman–Crippen LogP) is 4.20. The Morgan fingerprint density at radius 2 is 1.93 bits per heavy atom. The van der Waals surface area contributed by atoms with Gasteiger partial charge in [0, 0.05) is 5.56 Å². The predicted molar refractivity (Wildman–Crippen MR) is 61.9 cm³/mol. The van der Waals surface area contributed by atoms with Crippen molar-refractivity contribution in [2.45, 2.75) is 20.3 Å². The Morgan fingerprint density at radius 1 is 1.20 bits per heavy atom. The molecule has 0 radical (unpaired) electrons. The van der Waals surface area contributed by atoms with Crippen LogP contribution >= 0.6 is 0 Å². The van der Waals surface area contributed by atoms with E-state index in [-0.39, 0.29) is 11.2 Å².